The quantitative estimate of drug-likeness (QED) is 0.692. The first-order valence-electron chi connectivity index (χ1n) is 3.79. The Labute approximate surface area is 80.1 Å². The molecule has 74 valence electrons. The highest BCUT2D eigenvalue weighted by atomic mass is 35.5. The van der Waals surface area contributed by atoms with Crippen LogP contribution in [0, 0.1) is 5.41 Å². The minimum Gasteiger partial charge on any atom is -0.468 e. The van der Waals surface area contributed by atoms with E-state index in [1.165, 1.54) is 7.11 Å². The van der Waals surface area contributed by atoms with Gasteiger partial charge in [-0.1, -0.05) is 20.8 Å². The van der Waals surface area contributed by atoms with Crippen LogP contribution < -0.4 is 5.73 Å². The monoisotopic (exact) mass is 195 g/mol. The second kappa shape index (κ2) is 5.38. The van der Waals surface area contributed by atoms with Gasteiger partial charge in [-0.2, -0.15) is 0 Å². The molecule has 0 aliphatic carbocycles. The van der Waals surface area contributed by atoms with Gasteiger partial charge in [-0.3, -0.25) is 4.79 Å². The predicted molar refractivity (Wildman–Crippen MR) is 51.3 cm³/mol. The Hall–Kier alpha value is -0.280. The normalized spacial score (nSPS) is 13.1. The van der Waals surface area contributed by atoms with E-state index in [1.54, 1.807) is 0 Å². The van der Waals surface area contributed by atoms with Crippen molar-refractivity contribution in [1.82, 2.24) is 0 Å². The van der Waals surface area contributed by atoms with E-state index in [2.05, 4.69) is 4.74 Å². The lowest BCUT2D eigenvalue weighted by Crippen LogP contribution is -2.44. The maximum absolute atomic E-state index is 11.0. The average Bonchev–Trinajstić information content (AvgIpc) is 2.01. The molecule has 0 aromatic heterocycles. The molecule has 0 amide bonds. The zero-order chi connectivity index (χ0) is 9.07. The van der Waals surface area contributed by atoms with Crippen LogP contribution in [0.25, 0.3) is 0 Å². The highest BCUT2D eigenvalue weighted by molar-refractivity contribution is 5.85. The fourth-order valence-corrected chi connectivity index (χ4v) is 0.666. The summed E-state index contributed by atoms with van der Waals surface area (Å²) in [6.45, 7) is 5.91. The molecule has 3 nitrogen and oxygen atoms in total. The molecule has 0 unspecified atom stereocenters. The molecule has 0 aromatic carbocycles. The molecule has 12 heavy (non-hydrogen) atoms. The van der Waals surface area contributed by atoms with Crippen LogP contribution in [0.1, 0.15) is 27.2 Å². The van der Waals surface area contributed by atoms with Crippen LogP contribution in [0.3, 0.4) is 0 Å². The first kappa shape index (κ1) is 14.3. The van der Waals surface area contributed by atoms with Crippen LogP contribution in [0.15, 0.2) is 0 Å². The standard InChI is InChI=1S/C8H17NO2.ClH/c1-5-8(2,3)6(9)7(10)11-4;/h6H,5,9H2,1-4H3;1H/t6-;/m1./s1. The number of ether oxygens (including phenoxy) is 1. The highest BCUT2D eigenvalue weighted by Gasteiger charge is 2.30. The van der Waals surface area contributed by atoms with Crippen molar-refractivity contribution in [2.75, 3.05) is 7.11 Å². The Bertz CT molecular complexity index is 148. The minimum absolute atomic E-state index is 0. The lowest BCUT2D eigenvalue weighted by atomic mass is 9.82. The van der Waals surface area contributed by atoms with Crippen LogP contribution in [-0.2, 0) is 9.53 Å². The summed E-state index contributed by atoms with van der Waals surface area (Å²) in [5, 5.41) is 0. The molecule has 0 spiro atoms. The second-order valence-electron chi connectivity index (χ2n) is 3.34. The van der Waals surface area contributed by atoms with Gasteiger partial charge in [0.15, 0.2) is 0 Å². The highest BCUT2D eigenvalue weighted by Crippen LogP contribution is 2.23. The SMILES string of the molecule is CCC(C)(C)[C@H](N)C(=O)OC.Cl. The molecule has 0 saturated carbocycles. The topological polar surface area (TPSA) is 52.3 Å². The molecular weight excluding hydrogens is 178 g/mol. The molecule has 4 heteroatoms. The summed E-state index contributed by atoms with van der Waals surface area (Å²) in [5.74, 6) is -0.336. The summed E-state index contributed by atoms with van der Waals surface area (Å²) < 4.78 is 4.54. The Kier molecular flexibility index (Phi) is 6.39. The van der Waals surface area contributed by atoms with Crippen LogP contribution in [-0.4, -0.2) is 19.1 Å². The van der Waals surface area contributed by atoms with Gasteiger partial charge in [0.05, 0.1) is 7.11 Å². The van der Waals surface area contributed by atoms with Crippen molar-refractivity contribution in [1.29, 1.82) is 0 Å². The molecule has 1 atom stereocenters. The van der Waals surface area contributed by atoms with E-state index in [0.29, 0.717) is 0 Å². The Morgan fingerprint density at radius 3 is 2.25 bits per heavy atom. The van der Waals surface area contributed by atoms with Crippen molar-refractivity contribution in [2.24, 2.45) is 11.1 Å². The van der Waals surface area contributed by atoms with Gasteiger partial charge in [-0.05, 0) is 11.8 Å². The van der Waals surface area contributed by atoms with Crippen molar-refractivity contribution >= 4 is 18.4 Å². The van der Waals surface area contributed by atoms with Gasteiger partial charge in [0, 0.05) is 0 Å². The van der Waals surface area contributed by atoms with Crippen molar-refractivity contribution < 1.29 is 9.53 Å². The van der Waals surface area contributed by atoms with Gasteiger partial charge in [-0.25, -0.2) is 0 Å². The van der Waals surface area contributed by atoms with E-state index in [1.807, 2.05) is 20.8 Å². The number of methoxy groups -OCH3 is 1. The van der Waals surface area contributed by atoms with Crippen LogP contribution in [0.2, 0.25) is 0 Å². The van der Waals surface area contributed by atoms with E-state index in [4.69, 9.17) is 5.73 Å². The summed E-state index contributed by atoms with van der Waals surface area (Å²) in [5.41, 5.74) is 5.47. The summed E-state index contributed by atoms with van der Waals surface area (Å²) >= 11 is 0. The third-order valence-corrected chi connectivity index (χ3v) is 2.21. The van der Waals surface area contributed by atoms with E-state index >= 15 is 0 Å². The molecule has 0 saturated heterocycles. The van der Waals surface area contributed by atoms with E-state index in [-0.39, 0.29) is 23.8 Å². The predicted octanol–water partition coefficient (Wildman–Crippen LogP) is 1.34. The number of rotatable bonds is 3. The summed E-state index contributed by atoms with van der Waals surface area (Å²) in [6, 6.07) is -0.516. The Balaban J connectivity index is 0. The summed E-state index contributed by atoms with van der Waals surface area (Å²) in [6.07, 6.45) is 0.864. The molecule has 0 fully saturated rings. The fourth-order valence-electron chi connectivity index (χ4n) is 0.666. The van der Waals surface area contributed by atoms with E-state index in [0.717, 1.165) is 6.42 Å². The van der Waals surface area contributed by atoms with E-state index in [9.17, 15) is 4.79 Å². The zero-order valence-electron chi connectivity index (χ0n) is 8.09. The first-order valence-corrected chi connectivity index (χ1v) is 3.79. The Morgan fingerprint density at radius 2 is 2.00 bits per heavy atom. The zero-order valence-corrected chi connectivity index (χ0v) is 8.90. The molecule has 0 aliphatic rings. The van der Waals surface area contributed by atoms with E-state index < -0.39 is 6.04 Å². The number of carbonyl (C=O) groups excluding carboxylic acids is 1. The molecule has 0 bridgehead atoms. The lowest BCUT2D eigenvalue weighted by molar-refractivity contribution is -0.145. The van der Waals surface area contributed by atoms with Crippen LogP contribution >= 0.6 is 12.4 Å². The molecular formula is C8H18ClNO2. The fraction of sp³-hybridized carbons (Fsp3) is 0.875. The minimum atomic E-state index is -0.516. The van der Waals surface area contributed by atoms with Gasteiger partial charge < -0.3 is 10.5 Å². The Morgan fingerprint density at radius 1 is 1.58 bits per heavy atom. The number of carbonyl (C=O) groups is 1. The van der Waals surface area contributed by atoms with Crippen molar-refractivity contribution in [3.05, 3.63) is 0 Å². The molecule has 0 aliphatic heterocycles. The van der Waals surface area contributed by atoms with Gasteiger partial charge in [0.2, 0.25) is 0 Å². The molecule has 0 rings (SSSR count). The number of hydrogen-bond donors (Lipinski definition) is 1. The largest absolute Gasteiger partial charge is 0.468 e. The second-order valence-corrected chi connectivity index (χ2v) is 3.34. The number of nitrogens with two attached hydrogens (primary N) is 1. The van der Waals surface area contributed by atoms with Crippen LogP contribution in [0.5, 0.6) is 0 Å². The molecule has 2 N–H and O–H groups in total. The summed E-state index contributed by atoms with van der Waals surface area (Å²) in [4.78, 5) is 11.0. The third kappa shape index (κ3) is 3.41. The van der Waals surface area contributed by atoms with Crippen LogP contribution in [0.4, 0.5) is 0 Å². The number of esters is 1. The number of hydrogen-bond acceptors (Lipinski definition) is 3. The van der Waals surface area contributed by atoms with Gasteiger partial charge in [0.25, 0.3) is 0 Å². The number of halogens is 1. The maximum Gasteiger partial charge on any atom is 0.323 e. The van der Waals surface area contributed by atoms with Crippen molar-refractivity contribution in [2.45, 2.75) is 33.2 Å². The first-order chi connectivity index (χ1) is 4.95. The molecule has 0 heterocycles. The summed E-state index contributed by atoms with van der Waals surface area (Å²) in [7, 11) is 1.36. The van der Waals surface area contributed by atoms with Gasteiger partial charge in [-0.15, -0.1) is 12.4 Å². The average molecular weight is 196 g/mol. The van der Waals surface area contributed by atoms with Gasteiger partial charge in [0.1, 0.15) is 6.04 Å². The molecule has 0 aromatic rings. The van der Waals surface area contributed by atoms with Crippen molar-refractivity contribution in [3.8, 4) is 0 Å². The third-order valence-electron chi connectivity index (χ3n) is 2.21. The lowest BCUT2D eigenvalue weighted by Gasteiger charge is -2.27. The molecule has 0 radical (unpaired) electrons. The maximum atomic E-state index is 11.0. The van der Waals surface area contributed by atoms with Gasteiger partial charge >= 0.3 is 5.97 Å². The van der Waals surface area contributed by atoms with Crippen molar-refractivity contribution in [3.63, 3.8) is 0 Å². The smallest absolute Gasteiger partial charge is 0.323 e.